The summed E-state index contributed by atoms with van der Waals surface area (Å²) in [5.41, 5.74) is 1.49. The average Bonchev–Trinajstić information content (AvgIpc) is 2.47. The molecule has 0 heterocycles. The molecule has 0 radical (unpaired) electrons. The summed E-state index contributed by atoms with van der Waals surface area (Å²) >= 11 is 6.00. The molecule has 1 amide bonds. The summed E-state index contributed by atoms with van der Waals surface area (Å²) in [5, 5.41) is 3.25. The molecule has 4 heteroatoms. The molecule has 0 aliphatic carbocycles. The topological polar surface area (TPSA) is 38.3 Å². The number of carbonyl (C=O) groups excluding carboxylic acids is 1. The van der Waals surface area contributed by atoms with Crippen molar-refractivity contribution in [1.82, 2.24) is 0 Å². The molecule has 0 spiro atoms. The molecule has 1 N–H and O–H groups in total. The summed E-state index contributed by atoms with van der Waals surface area (Å²) in [7, 11) is 0. The minimum Gasteiger partial charge on any atom is -0.491 e. The van der Waals surface area contributed by atoms with Crippen LogP contribution >= 0.6 is 11.6 Å². The summed E-state index contributed by atoms with van der Waals surface area (Å²) in [6, 6.07) is 14.7. The largest absolute Gasteiger partial charge is 0.491 e. The van der Waals surface area contributed by atoms with E-state index in [2.05, 4.69) is 5.32 Å². The van der Waals surface area contributed by atoms with Crippen LogP contribution in [-0.4, -0.2) is 12.0 Å². The third kappa shape index (κ3) is 4.93. The first-order valence-corrected chi connectivity index (χ1v) is 7.42. The number of hydrogen-bond donors (Lipinski definition) is 1. The molecule has 0 atom stereocenters. The molecule has 0 fully saturated rings. The molecule has 0 aliphatic rings. The fourth-order valence-electron chi connectivity index (χ4n) is 1.87. The zero-order chi connectivity index (χ0) is 15.9. The second kappa shape index (κ2) is 7.66. The SMILES string of the molecule is CC(C)Oc1cccc(/C=C/C(=O)Nc2ccccc2Cl)c1. The Hall–Kier alpha value is -2.26. The van der Waals surface area contributed by atoms with E-state index in [-0.39, 0.29) is 12.0 Å². The number of nitrogens with one attached hydrogen (secondary N) is 1. The molecule has 22 heavy (non-hydrogen) atoms. The monoisotopic (exact) mass is 315 g/mol. The lowest BCUT2D eigenvalue weighted by Crippen LogP contribution is -2.08. The number of rotatable bonds is 5. The van der Waals surface area contributed by atoms with Gasteiger partial charge < -0.3 is 10.1 Å². The smallest absolute Gasteiger partial charge is 0.248 e. The van der Waals surface area contributed by atoms with E-state index in [1.54, 1.807) is 18.2 Å². The van der Waals surface area contributed by atoms with E-state index in [0.29, 0.717) is 10.7 Å². The van der Waals surface area contributed by atoms with Gasteiger partial charge in [0, 0.05) is 6.08 Å². The first-order valence-electron chi connectivity index (χ1n) is 7.05. The summed E-state index contributed by atoms with van der Waals surface area (Å²) < 4.78 is 5.62. The lowest BCUT2D eigenvalue weighted by molar-refractivity contribution is -0.111. The number of hydrogen-bond acceptors (Lipinski definition) is 2. The van der Waals surface area contributed by atoms with Gasteiger partial charge in [-0.15, -0.1) is 0 Å². The Morgan fingerprint density at radius 3 is 2.68 bits per heavy atom. The fraction of sp³-hybridized carbons (Fsp3) is 0.167. The number of ether oxygens (including phenoxy) is 1. The minimum atomic E-state index is -0.233. The molecule has 0 saturated heterocycles. The van der Waals surface area contributed by atoms with Crippen molar-refractivity contribution >= 4 is 29.3 Å². The fourth-order valence-corrected chi connectivity index (χ4v) is 2.06. The van der Waals surface area contributed by atoms with Crippen molar-refractivity contribution in [2.75, 3.05) is 5.32 Å². The Kier molecular flexibility index (Phi) is 5.61. The molecule has 0 saturated carbocycles. The summed E-state index contributed by atoms with van der Waals surface area (Å²) in [6.45, 7) is 3.94. The maximum Gasteiger partial charge on any atom is 0.248 e. The van der Waals surface area contributed by atoms with E-state index in [0.717, 1.165) is 11.3 Å². The van der Waals surface area contributed by atoms with Crippen molar-refractivity contribution < 1.29 is 9.53 Å². The number of para-hydroxylation sites is 1. The molecule has 0 bridgehead atoms. The van der Waals surface area contributed by atoms with Gasteiger partial charge in [-0.1, -0.05) is 35.9 Å². The molecule has 114 valence electrons. The van der Waals surface area contributed by atoms with E-state index < -0.39 is 0 Å². The first kappa shape index (κ1) is 16.1. The normalized spacial score (nSPS) is 10.9. The number of amides is 1. The van der Waals surface area contributed by atoms with Crippen molar-refractivity contribution in [1.29, 1.82) is 0 Å². The molecular formula is C18H18ClNO2. The van der Waals surface area contributed by atoms with Crippen molar-refractivity contribution in [3.05, 3.63) is 65.2 Å². The summed E-state index contributed by atoms with van der Waals surface area (Å²) in [4.78, 5) is 11.9. The standard InChI is InChI=1S/C18H18ClNO2/c1-13(2)22-15-7-5-6-14(12-15)10-11-18(21)20-17-9-4-3-8-16(17)19/h3-13H,1-2H3,(H,20,21)/b11-10+. The van der Waals surface area contributed by atoms with E-state index in [1.807, 2.05) is 50.2 Å². The van der Waals surface area contributed by atoms with Gasteiger partial charge in [-0.2, -0.15) is 0 Å². The third-order valence-electron chi connectivity index (χ3n) is 2.79. The molecular weight excluding hydrogens is 298 g/mol. The third-order valence-corrected chi connectivity index (χ3v) is 3.12. The van der Waals surface area contributed by atoms with Gasteiger partial charge in [0.1, 0.15) is 5.75 Å². The van der Waals surface area contributed by atoms with Crippen LogP contribution in [0, 0.1) is 0 Å². The highest BCUT2D eigenvalue weighted by Gasteiger charge is 2.02. The highest BCUT2D eigenvalue weighted by atomic mass is 35.5. The molecule has 2 aromatic carbocycles. The minimum absolute atomic E-state index is 0.114. The Bertz CT molecular complexity index is 680. The van der Waals surface area contributed by atoms with Gasteiger partial charge in [0.25, 0.3) is 0 Å². The predicted octanol–water partition coefficient (Wildman–Crippen LogP) is 4.78. The maximum absolute atomic E-state index is 11.9. The van der Waals surface area contributed by atoms with Crippen LogP contribution in [-0.2, 0) is 4.79 Å². The molecule has 2 rings (SSSR count). The van der Waals surface area contributed by atoms with Crippen molar-refractivity contribution in [2.24, 2.45) is 0 Å². The van der Waals surface area contributed by atoms with Crippen LogP contribution in [0.5, 0.6) is 5.75 Å². The lowest BCUT2D eigenvalue weighted by Gasteiger charge is -2.09. The quantitative estimate of drug-likeness (QED) is 0.806. The van der Waals surface area contributed by atoms with Crippen LogP contribution in [0.15, 0.2) is 54.6 Å². The molecule has 0 unspecified atom stereocenters. The van der Waals surface area contributed by atoms with Crippen LogP contribution < -0.4 is 10.1 Å². The molecule has 3 nitrogen and oxygen atoms in total. The maximum atomic E-state index is 11.9. The van der Waals surface area contributed by atoms with E-state index in [1.165, 1.54) is 6.08 Å². The van der Waals surface area contributed by atoms with Crippen LogP contribution in [0.4, 0.5) is 5.69 Å². The zero-order valence-electron chi connectivity index (χ0n) is 12.5. The van der Waals surface area contributed by atoms with E-state index in [4.69, 9.17) is 16.3 Å². The highest BCUT2D eigenvalue weighted by molar-refractivity contribution is 6.33. The van der Waals surface area contributed by atoms with Crippen molar-refractivity contribution in [2.45, 2.75) is 20.0 Å². The Balaban J connectivity index is 2.02. The van der Waals surface area contributed by atoms with Gasteiger partial charge in [0.15, 0.2) is 0 Å². The second-order valence-corrected chi connectivity index (χ2v) is 5.45. The number of carbonyl (C=O) groups is 1. The van der Waals surface area contributed by atoms with E-state index >= 15 is 0 Å². The first-order chi connectivity index (χ1) is 10.5. The Labute approximate surface area is 135 Å². The van der Waals surface area contributed by atoms with Gasteiger partial charge in [-0.25, -0.2) is 0 Å². The van der Waals surface area contributed by atoms with Gasteiger partial charge in [-0.05, 0) is 49.8 Å². The van der Waals surface area contributed by atoms with Crippen molar-refractivity contribution in [3.8, 4) is 5.75 Å². The predicted molar refractivity (Wildman–Crippen MR) is 91.3 cm³/mol. The lowest BCUT2D eigenvalue weighted by atomic mass is 10.2. The number of benzene rings is 2. The van der Waals surface area contributed by atoms with Gasteiger partial charge in [0.05, 0.1) is 16.8 Å². The molecule has 2 aromatic rings. The number of halogens is 1. The summed E-state index contributed by atoms with van der Waals surface area (Å²) in [6.07, 6.45) is 3.32. The van der Waals surface area contributed by atoms with Crippen LogP contribution in [0.2, 0.25) is 5.02 Å². The van der Waals surface area contributed by atoms with Crippen LogP contribution in [0.25, 0.3) is 6.08 Å². The number of anilines is 1. The second-order valence-electron chi connectivity index (χ2n) is 5.04. The Morgan fingerprint density at radius 2 is 1.95 bits per heavy atom. The molecule has 0 aliphatic heterocycles. The highest BCUT2D eigenvalue weighted by Crippen LogP contribution is 2.20. The average molecular weight is 316 g/mol. The van der Waals surface area contributed by atoms with Crippen LogP contribution in [0.3, 0.4) is 0 Å². The Morgan fingerprint density at radius 1 is 1.18 bits per heavy atom. The zero-order valence-corrected chi connectivity index (χ0v) is 13.3. The van der Waals surface area contributed by atoms with Crippen LogP contribution in [0.1, 0.15) is 19.4 Å². The summed E-state index contributed by atoms with van der Waals surface area (Å²) in [5.74, 6) is 0.548. The van der Waals surface area contributed by atoms with Gasteiger partial charge >= 0.3 is 0 Å². The van der Waals surface area contributed by atoms with E-state index in [9.17, 15) is 4.79 Å². The van der Waals surface area contributed by atoms with Crippen molar-refractivity contribution in [3.63, 3.8) is 0 Å². The van der Waals surface area contributed by atoms with Gasteiger partial charge in [-0.3, -0.25) is 4.79 Å². The molecule has 0 aromatic heterocycles. The van der Waals surface area contributed by atoms with Gasteiger partial charge in [0.2, 0.25) is 5.91 Å².